The minimum absolute atomic E-state index is 0.00186. The van der Waals surface area contributed by atoms with Gasteiger partial charge in [-0.1, -0.05) is 34.1 Å². The predicted molar refractivity (Wildman–Crippen MR) is 89.7 cm³/mol. The van der Waals surface area contributed by atoms with Crippen LogP contribution in [0.2, 0.25) is 0 Å². The lowest BCUT2D eigenvalue weighted by Crippen LogP contribution is -2.39. The van der Waals surface area contributed by atoms with Gasteiger partial charge >= 0.3 is 0 Å². The van der Waals surface area contributed by atoms with Crippen molar-refractivity contribution >= 4 is 21.8 Å². The van der Waals surface area contributed by atoms with E-state index in [0.29, 0.717) is 6.42 Å². The maximum absolute atomic E-state index is 12.1. The molecule has 0 fully saturated rings. The second kappa shape index (κ2) is 6.48. The van der Waals surface area contributed by atoms with Crippen LogP contribution in [0.5, 0.6) is 0 Å². The van der Waals surface area contributed by atoms with E-state index < -0.39 is 0 Å². The molecule has 1 heterocycles. The molecule has 1 amide bonds. The van der Waals surface area contributed by atoms with E-state index in [1.165, 1.54) is 0 Å². The molecule has 1 N–H and O–H groups in total. The highest BCUT2D eigenvalue weighted by Crippen LogP contribution is 2.18. The highest BCUT2D eigenvalue weighted by Gasteiger charge is 2.19. The van der Waals surface area contributed by atoms with Crippen molar-refractivity contribution in [2.45, 2.75) is 32.7 Å². The van der Waals surface area contributed by atoms with Crippen LogP contribution in [0.3, 0.4) is 0 Å². The van der Waals surface area contributed by atoms with E-state index in [2.05, 4.69) is 46.9 Å². The van der Waals surface area contributed by atoms with Crippen LogP contribution in [0.25, 0.3) is 0 Å². The second-order valence-electron chi connectivity index (χ2n) is 6.11. The third-order valence-corrected chi connectivity index (χ3v) is 4.17. The van der Waals surface area contributed by atoms with Crippen molar-refractivity contribution in [3.63, 3.8) is 0 Å². The Kier molecular flexibility index (Phi) is 4.88. The molecule has 0 spiro atoms. The zero-order valence-electron chi connectivity index (χ0n) is 12.7. The SMILES string of the molecule is CC(C)(C)N1C=CC(NC(=O)Cc2ccccc2Br)=CC1. The van der Waals surface area contributed by atoms with Gasteiger partial charge in [0.05, 0.1) is 6.42 Å². The van der Waals surface area contributed by atoms with E-state index in [0.717, 1.165) is 22.3 Å². The summed E-state index contributed by atoms with van der Waals surface area (Å²) in [4.78, 5) is 14.3. The van der Waals surface area contributed by atoms with Gasteiger partial charge in [-0.3, -0.25) is 4.79 Å². The molecule has 0 unspecified atom stereocenters. The van der Waals surface area contributed by atoms with Crippen LogP contribution in [-0.2, 0) is 11.2 Å². The number of amides is 1. The molecule has 0 saturated carbocycles. The third kappa shape index (κ3) is 4.46. The fourth-order valence-electron chi connectivity index (χ4n) is 2.11. The number of nitrogens with zero attached hydrogens (tertiary/aromatic N) is 1. The van der Waals surface area contributed by atoms with Crippen molar-refractivity contribution in [3.05, 3.63) is 58.4 Å². The fraction of sp³-hybridized carbons (Fsp3) is 0.353. The van der Waals surface area contributed by atoms with Gasteiger partial charge in [0, 0.05) is 28.5 Å². The number of rotatable bonds is 3. The first-order valence-corrected chi connectivity index (χ1v) is 7.84. The van der Waals surface area contributed by atoms with Crippen LogP contribution in [0.1, 0.15) is 26.3 Å². The van der Waals surface area contributed by atoms with Gasteiger partial charge in [-0.05, 0) is 44.6 Å². The highest BCUT2D eigenvalue weighted by atomic mass is 79.9. The van der Waals surface area contributed by atoms with Crippen molar-refractivity contribution in [1.29, 1.82) is 0 Å². The summed E-state index contributed by atoms with van der Waals surface area (Å²) in [5.74, 6) is 0.00186. The molecule has 1 aromatic carbocycles. The Hall–Kier alpha value is -1.55. The molecule has 3 nitrogen and oxygen atoms in total. The first kappa shape index (κ1) is 15.8. The Labute approximate surface area is 134 Å². The van der Waals surface area contributed by atoms with Crippen molar-refractivity contribution in [2.24, 2.45) is 0 Å². The molecular formula is C17H21BrN2O. The van der Waals surface area contributed by atoms with Crippen molar-refractivity contribution in [2.75, 3.05) is 6.54 Å². The molecule has 0 saturated heterocycles. The Bertz CT molecular complexity index is 585. The lowest BCUT2D eigenvalue weighted by molar-refractivity contribution is -0.119. The number of hydrogen-bond donors (Lipinski definition) is 1. The molecule has 1 aliphatic heterocycles. The zero-order chi connectivity index (χ0) is 15.5. The van der Waals surface area contributed by atoms with Crippen LogP contribution in [0, 0.1) is 0 Å². The molecule has 21 heavy (non-hydrogen) atoms. The second-order valence-corrected chi connectivity index (χ2v) is 6.97. The van der Waals surface area contributed by atoms with E-state index in [9.17, 15) is 4.79 Å². The van der Waals surface area contributed by atoms with E-state index in [1.807, 2.05) is 42.6 Å². The summed E-state index contributed by atoms with van der Waals surface area (Å²) in [5, 5.41) is 2.95. The molecule has 2 rings (SSSR count). The van der Waals surface area contributed by atoms with Gasteiger partial charge in [-0.15, -0.1) is 0 Å². The van der Waals surface area contributed by atoms with Crippen molar-refractivity contribution < 1.29 is 4.79 Å². The maximum atomic E-state index is 12.1. The molecule has 0 aromatic heterocycles. The smallest absolute Gasteiger partial charge is 0.228 e. The number of halogens is 1. The largest absolute Gasteiger partial charge is 0.369 e. The van der Waals surface area contributed by atoms with Gasteiger partial charge in [-0.2, -0.15) is 0 Å². The van der Waals surface area contributed by atoms with Crippen molar-refractivity contribution in [3.8, 4) is 0 Å². The predicted octanol–water partition coefficient (Wildman–Crippen LogP) is 3.62. The van der Waals surface area contributed by atoms with E-state index in [1.54, 1.807) is 0 Å². The molecular weight excluding hydrogens is 328 g/mol. The molecule has 0 bridgehead atoms. The molecule has 112 valence electrons. The van der Waals surface area contributed by atoms with Gasteiger partial charge in [0.2, 0.25) is 5.91 Å². The summed E-state index contributed by atoms with van der Waals surface area (Å²) in [6, 6.07) is 7.78. The quantitative estimate of drug-likeness (QED) is 0.904. The Morgan fingerprint density at radius 1 is 1.33 bits per heavy atom. The summed E-state index contributed by atoms with van der Waals surface area (Å²) in [6.07, 6.45) is 6.40. The number of benzene rings is 1. The van der Waals surface area contributed by atoms with E-state index in [-0.39, 0.29) is 11.4 Å². The van der Waals surface area contributed by atoms with E-state index in [4.69, 9.17) is 0 Å². The average molecular weight is 349 g/mol. The molecule has 0 radical (unpaired) electrons. The fourth-order valence-corrected chi connectivity index (χ4v) is 2.53. The van der Waals surface area contributed by atoms with Gasteiger partial charge in [0.25, 0.3) is 0 Å². The van der Waals surface area contributed by atoms with Gasteiger partial charge in [0.15, 0.2) is 0 Å². The maximum Gasteiger partial charge on any atom is 0.228 e. The van der Waals surface area contributed by atoms with Crippen molar-refractivity contribution in [1.82, 2.24) is 10.2 Å². The number of hydrogen-bond acceptors (Lipinski definition) is 2. The zero-order valence-corrected chi connectivity index (χ0v) is 14.3. The molecule has 0 atom stereocenters. The van der Waals surface area contributed by atoms with Crippen LogP contribution in [0.4, 0.5) is 0 Å². The summed E-state index contributed by atoms with van der Waals surface area (Å²) in [5.41, 5.74) is 1.96. The first-order chi connectivity index (χ1) is 9.86. The summed E-state index contributed by atoms with van der Waals surface area (Å²) in [6.45, 7) is 7.32. The monoisotopic (exact) mass is 348 g/mol. The molecule has 1 aromatic rings. The standard InChI is InChI=1S/C17H21BrN2O/c1-17(2,3)20-10-8-14(9-11-20)19-16(21)12-13-6-4-5-7-15(13)18/h4-10H,11-12H2,1-3H3,(H,19,21). The minimum atomic E-state index is 0.00186. The summed E-state index contributed by atoms with van der Waals surface area (Å²) >= 11 is 3.46. The molecule has 4 heteroatoms. The van der Waals surface area contributed by atoms with E-state index >= 15 is 0 Å². The number of carbonyl (C=O) groups excluding carboxylic acids is 1. The summed E-state index contributed by atoms with van der Waals surface area (Å²) in [7, 11) is 0. The van der Waals surface area contributed by atoms with Gasteiger partial charge in [-0.25, -0.2) is 0 Å². The van der Waals surface area contributed by atoms with Crippen LogP contribution in [0.15, 0.2) is 52.8 Å². The normalized spacial score (nSPS) is 14.9. The summed E-state index contributed by atoms with van der Waals surface area (Å²) < 4.78 is 0.965. The number of carbonyl (C=O) groups is 1. The average Bonchev–Trinajstić information content (AvgIpc) is 2.41. The number of nitrogens with one attached hydrogen (secondary N) is 1. The number of allylic oxidation sites excluding steroid dienone is 1. The van der Waals surface area contributed by atoms with Gasteiger partial charge in [0.1, 0.15) is 0 Å². The van der Waals surface area contributed by atoms with Crippen LogP contribution in [-0.4, -0.2) is 22.9 Å². The van der Waals surface area contributed by atoms with Gasteiger partial charge < -0.3 is 10.2 Å². The Morgan fingerprint density at radius 2 is 2.05 bits per heavy atom. The Morgan fingerprint density at radius 3 is 2.62 bits per heavy atom. The lowest BCUT2D eigenvalue weighted by Gasteiger charge is -2.35. The van der Waals surface area contributed by atoms with Crippen LogP contribution < -0.4 is 5.32 Å². The highest BCUT2D eigenvalue weighted by molar-refractivity contribution is 9.10. The molecule has 1 aliphatic rings. The first-order valence-electron chi connectivity index (χ1n) is 7.04. The topological polar surface area (TPSA) is 32.3 Å². The third-order valence-electron chi connectivity index (χ3n) is 3.40. The minimum Gasteiger partial charge on any atom is -0.369 e. The Balaban J connectivity index is 1.92. The van der Waals surface area contributed by atoms with Crippen LogP contribution >= 0.6 is 15.9 Å². The lowest BCUT2D eigenvalue weighted by atomic mass is 10.1. The molecule has 0 aliphatic carbocycles.